The number of carbonyl (C=O) groups is 2. The van der Waals surface area contributed by atoms with Gasteiger partial charge in [0.15, 0.2) is 4.75 Å². The predicted octanol–water partition coefficient (Wildman–Crippen LogP) is 3.31. The van der Waals surface area contributed by atoms with E-state index in [1.807, 2.05) is 24.3 Å². The molecular weight excluding hydrogens is 339 g/mol. The van der Waals surface area contributed by atoms with Crippen LogP contribution in [0.4, 0.5) is 10.1 Å². The summed E-state index contributed by atoms with van der Waals surface area (Å²) in [6, 6.07) is 13.6. The zero-order chi connectivity index (χ0) is 18.2. The molecule has 2 amide bonds. The second-order valence-electron chi connectivity index (χ2n) is 6.26. The maximum atomic E-state index is 13.4. The molecule has 130 valence electrons. The van der Waals surface area contributed by atoms with E-state index in [0.717, 1.165) is 10.6 Å². The molecule has 0 saturated carbocycles. The van der Waals surface area contributed by atoms with E-state index in [4.69, 9.17) is 0 Å². The van der Waals surface area contributed by atoms with Crippen LogP contribution in [0.15, 0.2) is 53.4 Å². The summed E-state index contributed by atoms with van der Waals surface area (Å²) in [5.41, 5.74) is 1.48. The lowest BCUT2D eigenvalue weighted by molar-refractivity contribution is -0.137. The standard InChI is InChI=1S/C19H19FN2O2S/c1-19(17(23)21(2)12-13-7-6-8-14(20)11-13)18(24)22(3)15-9-4-5-10-16(15)25-19/h4-11H,12H2,1-3H3. The summed E-state index contributed by atoms with van der Waals surface area (Å²) in [4.78, 5) is 29.8. The van der Waals surface area contributed by atoms with Gasteiger partial charge in [-0.25, -0.2) is 4.39 Å². The highest BCUT2D eigenvalue weighted by atomic mass is 32.2. The van der Waals surface area contributed by atoms with E-state index in [0.29, 0.717) is 5.56 Å². The summed E-state index contributed by atoms with van der Waals surface area (Å²) in [7, 11) is 3.31. The lowest BCUT2D eigenvalue weighted by Gasteiger charge is -2.38. The van der Waals surface area contributed by atoms with E-state index >= 15 is 0 Å². The molecule has 1 heterocycles. The molecule has 0 N–H and O–H groups in total. The fraction of sp³-hybridized carbons (Fsp3) is 0.263. The molecule has 3 rings (SSSR count). The number of halogens is 1. The molecule has 4 nitrogen and oxygen atoms in total. The maximum Gasteiger partial charge on any atom is 0.252 e. The van der Waals surface area contributed by atoms with Gasteiger partial charge in [0, 0.05) is 25.5 Å². The Kier molecular flexibility index (Phi) is 4.56. The van der Waals surface area contributed by atoms with Crippen molar-refractivity contribution in [1.82, 2.24) is 4.90 Å². The number of anilines is 1. The average molecular weight is 358 g/mol. The molecule has 2 aromatic carbocycles. The number of fused-ring (bicyclic) bond motifs is 1. The number of hydrogen-bond acceptors (Lipinski definition) is 3. The Balaban J connectivity index is 1.86. The van der Waals surface area contributed by atoms with Gasteiger partial charge in [0.1, 0.15) is 5.82 Å². The molecule has 0 radical (unpaired) electrons. The van der Waals surface area contributed by atoms with Crippen LogP contribution in [0, 0.1) is 5.82 Å². The van der Waals surface area contributed by atoms with E-state index in [1.54, 1.807) is 33.2 Å². The highest BCUT2D eigenvalue weighted by Crippen LogP contribution is 2.45. The molecular formula is C19H19FN2O2S. The van der Waals surface area contributed by atoms with Crippen molar-refractivity contribution in [3.63, 3.8) is 0 Å². The van der Waals surface area contributed by atoms with E-state index in [1.165, 1.54) is 33.7 Å². The molecule has 1 aliphatic rings. The van der Waals surface area contributed by atoms with Gasteiger partial charge in [-0.05, 0) is 36.8 Å². The van der Waals surface area contributed by atoms with Crippen LogP contribution in [0.3, 0.4) is 0 Å². The van der Waals surface area contributed by atoms with Gasteiger partial charge < -0.3 is 9.80 Å². The topological polar surface area (TPSA) is 40.6 Å². The van der Waals surface area contributed by atoms with Crippen molar-refractivity contribution in [2.24, 2.45) is 0 Å². The summed E-state index contributed by atoms with van der Waals surface area (Å²) >= 11 is 1.26. The molecule has 0 saturated heterocycles. The number of benzene rings is 2. The number of carbonyl (C=O) groups excluding carboxylic acids is 2. The third-order valence-electron chi connectivity index (χ3n) is 4.32. The molecule has 0 aliphatic carbocycles. The zero-order valence-corrected chi connectivity index (χ0v) is 15.1. The molecule has 0 fully saturated rings. The van der Waals surface area contributed by atoms with Gasteiger partial charge >= 0.3 is 0 Å². The van der Waals surface area contributed by atoms with E-state index in [-0.39, 0.29) is 24.2 Å². The van der Waals surface area contributed by atoms with Gasteiger partial charge in [0.25, 0.3) is 5.91 Å². The van der Waals surface area contributed by atoms with Crippen molar-refractivity contribution >= 4 is 29.3 Å². The summed E-state index contributed by atoms with van der Waals surface area (Å²) in [5.74, 6) is -0.901. The van der Waals surface area contributed by atoms with Gasteiger partial charge in [0.05, 0.1) is 5.69 Å². The second kappa shape index (κ2) is 6.52. The molecule has 0 aromatic heterocycles. The fourth-order valence-electron chi connectivity index (χ4n) is 2.99. The Hall–Kier alpha value is -2.34. The minimum absolute atomic E-state index is 0.241. The van der Waals surface area contributed by atoms with Gasteiger partial charge in [-0.2, -0.15) is 0 Å². The van der Waals surface area contributed by atoms with Gasteiger partial charge in [-0.3, -0.25) is 9.59 Å². The fourth-order valence-corrected chi connectivity index (χ4v) is 4.36. The molecule has 1 atom stereocenters. The van der Waals surface area contributed by atoms with Crippen LogP contribution in [0.25, 0.3) is 0 Å². The van der Waals surface area contributed by atoms with Gasteiger partial charge in [0.2, 0.25) is 5.91 Å². The molecule has 1 unspecified atom stereocenters. The third-order valence-corrected chi connectivity index (χ3v) is 5.64. The van der Waals surface area contributed by atoms with Crippen LogP contribution in [0.2, 0.25) is 0 Å². The molecule has 0 bridgehead atoms. The Labute approximate surface area is 150 Å². The highest BCUT2D eigenvalue weighted by Gasteiger charge is 2.49. The van der Waals surface area contributed by atoms with Crippen molar-refractivity contribution in [2.45, 2.75) is 23.1 Å². The summed E-state index contributed by atoms with van der Waals surface area (Å²) in [6.45, 7) is 1.89. The SMILES string of the molecule is CN(Cc1cccc(F)c1)C(=O)C1(C)Sc2ccccc2N(C)C1=O. The normalized spacial score (nSPS) is 19.5. The van der Waals surface area contributed by atoms with Gasteiger partial charge in [-0.1, -0.05) is 36.0 Å². The molecule has 25 heavy (non-hydrogen) atoms. The average Bonchev–Trinajstić information content (AvgIpc) is 2.59. The minimum atomic E-state index is -1.24. The number of thioether (sulfide) groups is 1. The number of amides is 2. The summed E-state index contributed by atoms with van der Waals surface area (Å²) < 4.78 is 12.1. The third kappa shape index (κ3) is 3.14. The molecule has 0 spiro atoms. The van der Waals surface area contributed by atoms with Crippen LogP contribution in [0.5, 0.6) is 0 Å². The Bertz CT molecular complexity index is 842. The first-order valence-electron chi connectivity index (χ1n) is 7.89. The Morgan fingerprint density at radius 3 is 2.68 bits per heavy atom. The number of rotatable bonds is 3. The van der Waals surface area contributed by atoms with Crippen LogP contribution in [-0.4, -0.2) is 35.6 Å². The van der Waals surface area contributed by atoms with E-state index in [9.17, 15) is 14.0 Å². The quantitative estimate of drug-likeness (QED) is 0.791. The molecule has 6 heteroatoms. The number of para-hydroxylation sites is 1. The van der Waals surface area contributed by atoms with E-state index < -0.39 is 4.75 Å². The number of hydrogen-bond donors (Lipinski definition) is 0. The van der Waals surface area contributed by atoms with Crippen molar-refractivity contribution in [3.05, 3.63) is 59.9 Å². The monoisotopic (exact) mass is 358 g/mol. The molecule has 1 aliphatic heterocycles. The first-order valence-corrected chi connectivity index (χ1v) is 8.71. The highest BCUT2D eigenvalue weighted by molar-refractivity contribution is 8.02. The first-order chi connectivity index (χ1) is 11.8. The minimum Gasteiger partial charge on any atom is -0.340 e. The van der Waals surface area contributed by atoms with Crippen LogP contribution < -0.4 is 4.90 Å². The molecule has 2 aromatic rings. The second-order valence-corrected chi connectivity index (χ2v) is 7.72. The smallest absolute Gasteiger partial charge is 0.252 e. The van der Waals surface area contributed by atoms with Crippen molar-refractivity contribution < 1.29 is 14.0 Å². The van der Waals surface area contributed by atoms with Crippen molar-refractivity contribution in [1.29, 1.82) is 0 Å². The first kappa shape index (κ1) is 17.5. The lowest BCUT2D eigenvalue weighted by Crippen LogP contribution is -2.55. The summed E-state index contributed by atoms with van der Waals surface area (Å²) in [6.07, 6.45) is 0. The van der Waals surface area contributed by atoms with Crippen LogP contribution in [-0.2, 0) is 16.1 Å². The Morgan fingerprint density at radius 1 is 1.24 bits per heavy atom. The lowest BCUT2D eigenvalue weighted by atomic mass is 10.1. The largest absolute Gasteiger partial charge is 0.340 e. The maximum absolute atomic E-state index is 13.4. The Morgan fingerprint density at radius 2 is 1.96 bits per heavy atom. The summed E-state index contributed by atoms with van der Waals surface area (Å²) in [5, 5.41) is 0. The van der Waals surface area contributed by atoms with Crippen LogP contribution in [0.1, 0.15) is 12.5 Å². The zero-order valence-electron chi connectivity index (χ0n) is 14.3. The van der Waals surface area contributed by atoms with Gasteiger partial charge in [-0.15, -0.1) is 0 Å². The van der Waals surface area contributed by atoms with Crippen molar-refractivity contribution in [2.75, 3.05) is 19.0 Å². The predicted molar refractivity (Wildman–Crippen MR) is 97.0 cm³/mol. The van der Waals surface area contributed by atoms with Crippen LogP contribution >= 0.6 is 11.8 Å². The van der Waals surface area contributed by atoms with Crippen molar-refractivity contribution in [3.8, 4) is 0 Å². The number of nitrogens with zero attached hydrogens (tertiary/aromatic N) is 2. The van der Waals surface area contributed by atoms with E-state index in [2.05, 4.69) is 0 Å².